The van der Waals surface area contributed by atoms with E-state index in [1.807, 2.05) is 0 Å². The fourth-order valence-corrected chi connectivity index (χ4v) is 3.54. The van der Waals surface area contributed by atoms with Crippen molar-refractivity contribution < 1.29 is 0 Å². The van der Waals surface area contributed by atoms with Crippen LogP contribution in [0.4, 0.5) is 0 Å². The van der Waals surface area contributed by atoms with Gasteiger partial charge >= 0.3 is 0 Å². The summed E-state index contributed by atoms with van der Waals surface area (Å²) in [6.07, 6.45) is 4.56. The van der Waals surface area contributed by atoms with Crippen LogP contribution in [0.25, 0.3) is 0 Å². The standard InChI is InChI=1S/C20H18B2/c1-15-3-7-18(8-4-15)21-13-11-17-12-14-22(20(17)21)19-9-5-16(2)6-10-19/h3-14H,1-2H3. The van der Waals surface area contributed by atoms with Crippen molar-refractivity contribution in [3.8, 4) is 0 Å². The Balaban J connectivity index is 1.71. The molecule has 22 heavy (non-hydrogen) atoms. The Labute approximate surface area is 133 Å². The van der Waals surface area contributed by atoms with Crippen molar-refractivity contribution in [3.05, 3.63) is 94.7 Å². The molecule has 0 amide bonds. The van der Waals surface area contributed by atoms with Gasteiger partial charge in [-0.3, -0.25) is 0 Å². The maximum absolute atomic E-state index is 2.35. The zero-order valence-electron chi connectivity index (χ0n) is 13.1. The van der Waals surface area contributed by atoms with Gasteiger partial charge in [0.2, 0.25) is 13.4 Å². The van der Waals surface area contributed by atoms with Crippen LogP contribution < -0.4 is 10.9 Å². The minimum atomic E-state index is 0.414. The summed E-state index contributed by atoms with van der Waals surface area (Å²) in [6.45, 7) is 5.12. The fourth-order valence-electron chi connectivity index (χ4n) is 3.54. The summed E-state index contributed by atoms with van der Waals surface area (Å²) >= 11 is 0. The van der Waals surface area contributed by atoms with Crippen LogP contribution in [0.1, 0.15) is 11.1 Å². The van der Waals surface area contributed by atoms with Gasteiger partial charge in [0.25, 0.3) is 0 Å². The number of hydrogen-bond acceptors (Lipinski definition) is 0. The Kier molecular flexibility index (Phi) is 3.18. The smallest absolute Gasteiger partial charge is 0.106 e. The molecule has 0 aliphatic carbocycles. The largest absolute Gasteiger partial charge is 0.222 e. The zero-order chi connectivity index (χ0) is 15.1. The highest BCUT2D eigenvalue weighted by Gasteiger charge is 2.35. The highest BCUT2D eigenvalue weighted by molar-refractivity contribution is 7.05. The van der Waals surface area contributed by atoms with Crippen molar-refractivity contribution >= 4 is 24.4 Å². The van der Waals surface area contributed by atoms with Gasteiger partial charge in [-0.1, -0.05) is 82.7 Å². The third-order valence-electron chi connectivity index (χ3n) is 4.81. The van der Waals surface area contributed by atoms with E-state index in [1.54, 1.807) is 0 Å². The summed E-state index contributed by atoms with van der Waals surface area (Å²) in [5.41, 5.74) is 6.83. The lowest BCUT2D eigenvalue weighted by Crippen LogP contribution is -2.41. The van der Waals surface area contributed by atoms with Gasteiger partial charge in [0, 0.05) is 0 Å². The number of hydrogen-bond donors (Lipinski definition) is 0. The Morgan fingerprint density at radius 1 is 0.591 bits per heavy atom. The maximum atomic E-state index is 2.35. The monoisotopic (exact) mass is 280 g/mol. The van der Waals surface area contributed by atoms with Crippen LogP contribution in [0.15, 0.2) is 83.6 Å². The molecule has 4 rings (SSSR count). The number of allylic oxidation sites excluding steroid dienone is 3. The van der Waals surface area contributed by atoms with Crippen molar-refractivity contribution in [3.63, 3.8) is 0 Å². The lowest BCUT2D eigenvalue weighted by Gasteiger charge is -2.16. The molecular formula is C20H18B2. The van der Waals surface area contributed by atoms with E-state index in [2.05, 4.69) is 86.5 Å². The summed E-state index contributed by atoms with van der Waals surface area (Å²) in [6, 6.07) is 17.9. The molecule has 2 aromatic carbocycles. The molecule has 0 nitrogen and oxygen atoms in total. The highest BCUT2D eigenvalue weighted by atomic mass is 14.1. The molecular weight excluding hydrogens is 262 g/mol. The molecule has 2 aliphatic heterocycles. The first kappa shape index (κ1) is 13.5. The third kappa shape index (κ3) is 2.20. The molecule has 0 unspecified atom stereocenters. The molecule has 0 spiro atoms. The van der Waals surface area contributed by atoms with Gasteiger partial charge in [-0.2, -0.15) is 0 Å². The summed E-state index contributed by atoms with van der Waals surface area (Å²) in [5.74, 6) is 4.69. The second kappa shape index (κ2) is 5.21. The molecule has 0 bridgehead atoms. The SMILES string of the molecule is Cc1ccc(B2C=CC3=C2B(c2ccc(C)cc2)C=C3)cc1. The lowest BCUT2D eigenvalue weighted by molar-refractivity contribution is 1.49. The molecule has 0 N–H and O–H groups in total. The number of aryl methyl sites for hydroxylation is 2. The first-order valence-electron chi connectivity index (χ1n) is 7.96. The average Bonchev–Trinajstić information content (AvgIpc) is 3.11. The summed E-state index contributed by atoms with van der Waals surface area (Å²) in [5, 5.41) is 1.53. The normalized spacial score (nSPS) is 15.9. The van der Waals surface area contributed by atoms with E-state index < -0.39 is 0 Å². The second-order valence-corrected chi connectivity index (χ2v) is 6.41. The molecule has 0 aromatic heterocycles. The number of benzene rings is 2. The van der Waals surface area contributed by atoms with E-state index in [-0.39, 0.29) is 0 Å². The van der Waals surface area contributed by atoms with Crippen molar-refractivity contribution in [1.82, 2.24) is 0 Å². The van der Waals surface area contributed by atoms with Gasteiger partial charge in [0.15, 0.2) is 0 Å². The van der Waals surface area contributed by atoms with Crippen LogP contribution in [0, 0.1) is 13.8 Å². The fraction of sp³-hybridized carbons (Fsp3) is 0.100. The molecule has 0 atom stereocenters. The molecule has 0 saturated carbocycles. The Hall–Kier alpha value is -2.21. The van der Waals surface area contributed by atoms with Crippen LogP contribution in [0.2, 0.25) is 0 Å². The summed E-state index contributed by atoms with van der Waals surface area (Å²) in [4.78, 5) is 0. The van der Waals surface area contributed by atoms with Crippen molar-refractivity contribution in [2.24, 2.45) is 0 Å². The third-order valence-corrected chi connectivity index (χ3v) is 4.81. The predicted octanol–water partition coefficient (Wildman–Crippen LogP) is 3.00. The predicted molar refractivity (Wildman–Crippen MR) is 98.4 cm³/mol. The van der Waals surface area contributed by atoms with Gasteiger partial charge in [-0.05, 0) is 19.4 Å². The Morgan fingerprint density at radius 2 is 1.00 bits per heavy atom. The van der Waals surface area contributed by atoms with Gasteiger partial charge < -0.3 is 0 Å². The van der Waals surface area contributed by atoms with Gasteiger partial charge in [0.05, 0.1) is 0 Å². The number of rotatable bonds is 2. The lowest BCUT2D eigenvalue weighted by atomic mass is 9.23. The first-order valence-corrected chi connectivity index (χ1v) is 7.96. The van der Waals surface area contributed by atoms with E-state index in [0.717, 1.165) is 0 Å². The van der Waals surface area contributed by atoms with Crippen LogP contribution in [0.3, 0.4) is 0 Å². The minimum Gasteiger partial charge on any atom is -0.106 e. The zero-order valence-corrected chi connectivity index (χ0v) is 13.1. The van der Waals surface area contributed by atoms with Crippen molar-refractivity contribution in [2.45, 2.75) is 13.8 Å². The van der Waals surface area contributed by atoms with E-state index in [9.17, 15) is 0 Å². The molecule has 0 fully saturated rings. The van der Waals surface area contributed by atoms with E-state index in [4.69, 9.17) is 0 Å². The molecule has 104 valence electrons. The first-order chi connectivity index (χ1) is 10.7. The van der Waals surface area contributed by atoms with Crippen molar-refractivity contribution in [1.29, 1.82) is 0 Å². The van der Waals surface area contributed by atoms with Gasteiger partial charge in [-0.25, -0.2) is 0 Å². The van der Waals surface area contributed by atoms with Crippen LogP contribution in [0.5, 0.6) is 0 Å². The molecule has 2 heteroatoms. The Morgan fingerprint density at radius 3 is 1.41 bits per heavy atom. The van der Waals surface area contributed by atoms with Crippen LogP contribution in [-0.4, -0.2) is 13.4 Å². The summed E-state index contributed by atoms with van der Waals surface area (Å²) in [7, 11) is 0. The quantitative estimate of drug-likeness (QED) is 0.742. The van der Waals surface area contributed by atoms with Gasteiger partial charge in [0.1, 0.15) is 0 Å². The molecule has 2 aliphatic rings. The average molecular weight is 280 g/mol. The second-order valence-electron chi connectivity index (χ2n) is 6.41. The van der Waals surface area contributed by atoms with Crippen molar-refractivity contribution in [2.75, 3.05) is 0 Å². The molecule has 2 heterocycles. The molecule has 0 radical (unpaired) electrons. The minimum absolute atomic E-state index is 0.414. The maximum Gasteiger partial charge on any atom is 0.222 e. The van der Waals surface area contributed by atoms with E-state index in [0.29, 0.717) is 13.4 Å². The molecule has 0 saturated heterocycles. The van der Waals surface area contributed by atoms with Crippen LogP contribution in [-0.2, 0) is 0 Å². The Bertz CT molecular complexity index is 725. The molecule has 2 aromatic rings. The van der Waals surface area contributed by atoms with Gasteiger partial charge in [-0.15, -0.1) is 17.3 Å². The summed E-state index contributed by atoms with van der Waals surface area (Å²) < 4.78 is 0. The van der Waals surface area contributed by atoms with Crippen LogP contribution >= 0.6 is 0 Å². The van der Waals surface area contributed by atoms with E-state index >= 15 is 0 Å². The highest BCUT2D eigenvalue weighted by Crippen LogP contribution is 2.27. The van der Waals surface area contributed by atoms with E-state index in [1.165, 1.54) is 33.0 Å². The topological polar surface area (TPSA) is 0 Å².